The molecule has 4 fully saturated rings. The van der Waals surface area contributed by atoms with Gasteiger partial charge in [-0.2, -0.15) is 0 Å². The molecule has 0 radical (unpaired) electrons. The quantitative estimate of drug-likeness (QED) is 0.318. The highest BCUT2D eigenvalue weighted by Gasteiger charge is 2.72. The van der Waals surface area contributed by atoms with E-state index in [1.54, 1.807) is 0 Å². The summed E-state index contributed by atoms with van der Waals surface area (Å²) in [5.41, 5.74) is -0.234. The molecule has 3 saturated heterocycles. The molecule has 0 spiro atoms. The van der Waals surface area contributed by atoms with Crippen LogP contribution in [-0.2, 0) is 33.3 Å². The topological polar surface area (TPSA) is 91.4 Å². The van der Waals surface area contributed by atoms with Gasteiger partial charge in [0.25, 0.3) is 0 Å². The Morgan fingerprint density at radius 1 is 1.19 bits per heavy atom. The van der Waals surface area contributed by atoms with E-state index in [0.717, 1.165) is 0 Å². The Morgan fingerprint density at radius 2 is 1.78 bits per heavy atom. The molecule has 4 rings (SSSR count). The van der Waals surface area contributed by atoms with Crippen LogP contribution >= 0.6 is 0 Å². The molecule has 146 valence electrons. The van der Waals surface area contributed by atoms with Crippen molar-refractivity contribution in [2.24, 2.45) is 23.2 Å². The Hall–Kier alpha value is -2.15. The maximum Gasteiger partial charge on any atom is 0.334 e. The predicted octanol–water partition coefficient (Wildman–Crippen LogP) is 1.56. The number of carbonyl (C=O) groups is 3. The Kier molecular flexibility index (Phi) is 4.00. The van der Waals surface area contributed by atoms with Gasteiger partial charge in [0.2, 0.25) is 0 Å². The number of epoxide rings is 1. The number of ether oxygens (including phenoxy) is 4. The first kappa shape index (κ1) is 18.2. The third-order valence-electron chi connectivity index (χ3n) is 6.27. The van der Waals surface area contributed by atoms with Crippen LogP contribution in [0, 0.1) is 23.2 Å². The molecule has 7 unspecified atom stereocenters. The van der Waals surface area contributed by atoms with Crippen LogP contribution in [0.2, 0.25) is 0 Å². The van der Waals surface area contributed by atoms with Crippen LogP contribution in [0.1, 0.15) is 27.2 Å². The molecule has 7 nitrogen and oxygen atoms in total. The first-order valence-corrected chi connectivity index (χ1v) is 9.26. The van der Waals surface area contributed by atoms with Gasteiger partial charge in [-0.1, -0.05) is 33.9 Å². The molecule has 0 aromatic carbocycles. The molecule has 3 aliphatic heterocycles. The summed E-state index contributed by atoms with van der Waals surface area (Å²) in [4.78, 5) is 37.0. The second-order valence-corrected chi connectivity index (χ2v) is 8.49. The van der Waals surface area contributed by atoms with Crippen molar-refractivity contribution in [2.75, 3.05) is 6.61 Å². The number of carbonyl (C=O) groups excluding carboxylic acids is 3. The third-order valence-corrected chi connectivity index (χ3v) is 6.27. The molecule has 0 N–H and O–H groups in total. The molecule has 7 heteroatoms. The normalized spacial score (nSPS) is 42.5. The number of hydrogen-bond donors (Lipinski definition) is 0. The average Bonchev–Trinajstić information content (AvgIpc) is 3.33. The van der Waals surface area contributed by atoms with Crippen molar-refractivity contribution in [2.45, 2.75) is 51.6 Å². The van der Waals surface area contributed by atoms with Crippen LogP contribution in [0.3, 0.4) is 0 Å². The van der Waals surface area contributed by atoms with E-state index in [0.29, 0.717) is 12.2 Å². The summed E-state index contributed by atoms with van der Waals surface area (Å²) in [6, 6.07) is 0. The SMILES string of the molecule is C=C1C(=O)OC2C1C1OC(=O)C(=C)C1C(C)(C1CO1)C2OC(=O)CC(C)C. The monoisotopic (exact) mass is 376 g/mol. The van der Waals surface area contributed by atoms with Crippen molar-refractivity contribution >= 4 is 17.9 Å². The fourth-order valence-corrected chi connectivity index (χ4v) is 4.88. The zero-order valence-electron chi connectivity index (χ0n) is 15.7. The highest BCUT2D eigenvalue weighted by Crippen LogP contribution is 2.60. The van der Waals surface area contributed by atoms with E-state index < -0.39 is 47.5 Å². The fourth-order valence-electron chi connectivity index (χ4n) is 4.88. The van der Waals surface area contributed by atoms with Crippen molar-refractivity contribution in [3.8, 4) is 0 Å². The molecule has 0 amide bonds. The van der Waals surface area contributed by atoms with E-state index in [9.17, 15) is 14.4 Å². The number of esters is 3. The van der Waals surface area contributed by atoms with Gasteiger partial charge in [0.1, 0.15) is 12.2 Å². The first-order chi connectivity index (χ1) is 12.7. The van der Waals surface area contributed by atoms with Crippen molar-refractivity contribution in [1.29, 1.82) is 0 Å². The van der Waals surface area contributed by atoms with Crippen molar-refractivity contribution in [3.63, 3.8) is 0 Å². The van der Waals surface area contributed by atoms with Crippen LogP contribution < -0.4 is 0 Å². The standard InChI is InChI=1S/C20H24O7/c1-8(2)6-12(21)25-17-16-13(9(3)18(22)27-16)15-14(10(4)19(23)26-15)20(17,5)11-7-24-11/h8,11,13-17H,3-4,6-7H2,1-2,5H3. The van der Waals surface area contributed by atoms with Gasteiger partial charge < -0.3 is 18.9 Å². The molecule has 0 bridgehead atoms. The second-order valence-electron chi connectivity index (χ2n) is 8.49. The Bertz CT molecular complexity index is 749. The lowest BCUT2D eigenvalue weighted by atomic mass is 9.56. The average molecular weight is 376 g/mol. The largest absolute Gasteiger partial charge is 0.458 e. The van der Waals surface area contributed by atoms with Gasteiger partial charge in [0.15, 0.2) is 6.10 Å². The van der Waals surface area contributed by atoms with Gasteiger partial charge in [-0.15, -0.1) is 0 Å². The summed E-state index contributed by atoms with van der Waals surface area (Å²) in [6.45, 7) is 14.0. The Labute approximate surface area is 157 Å². The van der Waals surface area contributed by atoms with E-state index in [-0.39, 0.29) is 30.0 Å². The minimum absolute atomic E-state index is 0.125. The smallest absolute Gasteiger partial charge is 0.334 e. The summed E-state index contributed by atoms with van der Waals surface area (Å²) in [7, 11) is 0. The summed E-state index contributed by atoms with van der Waals surface area (Å²) in [5, 5.41) is 0. The molecule has 7 atom stereocenters. The van der Waals surface area contributed by atoms with Gasteiger partial charge in [0.05, 0.1) is 18.6 Å². The zero-order valence-corrected chi connectivity index (χ0v) is 15.7. The Morgan fingerprint density at radius 3 is 2.37 bits per heavy atom. The van der Waals surface area contributed by atoms with E-state index in [2.05, 4.69) is 13.2 Å². The van der Waals surface area contributed by atoms with E-state index in [1.165, 1.54) is 0 Å². The van der Waals surface area contributed by atoms with Crippen molar-refractivity contribution in [1.82, 2.24) is 0 Å². The summed E-state index contributed by atoms with van der Waals surface area (Å²) in [5.74, 6) is -2.31. The summed E-state index contributed by atoms with van der Waals surface area (Å²) < 4.78 is 22.6. The van der Waals surface area contributed by atoms with Gasteiger partial charge in [-0.25, -0.2) is 9.59 Å². The highest BCUT2D eigenvalue weighted by atomic mass is 16.6. The molecular formula is C20H24O7. The molecule has 1 saturated carbocycles. The lowest BCUT2D eigenvalue weighted by molar-refractivity contribution is -0.202. The van der Waals surface area contributed by atoms with Crippen molar-refractivity contribution in [3.05, 3.63) is 24.3 Å². The predicted molar refractivity (Wildman–Crippen MR) is 92.2 cm³/mol. The molecular weight excluding hydrogens is 352 g/mol. The zero-order chi connectivity index (χ0) is 19.7. The second kappa shape index (κ2) is 5.92. The number of rotatable bonds is 4. The van der Waals surface area contributed by atoms with Gasteiger partial charge in [-0.05, 0) is 5.92 Å². The summed E-state index contributed by atoms with van der Waals surface area (Å²) >= 11 is 0. The van der Waals surface area contributed by atoms with E-state index in [4.69, 9.17) is 18.9 Å². The fraction of sp³-hybridized carbons (Fsp3) is 0.650. The van der Waals surface area contributed by atoms with Gasteiger partial charge >= 0.3 is 17.9 Å². The minimum atomic E-state index is -0.785. The molecule has 3 heterocycles. The number of hydrogen-bond acceptors (Lipinski definition) is 7. The molecule has 27 heavy (non-hydrogen) atoms. The van der Waals surface area contributed by atoms with Crippen LogP contribution in [0.5, 0.6) is 0 Å². The lowest BCUT2D eigenvalue weighted by Crippen LogP contribution is -2.62. The molecule has 1 aliphatic carbocycles. The molecule has 4 aliphatic rings. The highest BCUT2D eigenvalue weighted by molar-refractivity contribution is 5.94. The Balaban J connectivity index is 1.78. The van der Waals surface area contributed by atoms with E-state index in [1.807, 2.05) is 20.8 Å². The maximum atomic E-state index is 12.5. The molecule has 0 aromatic heterocycles. The van der Waals surface area contributed by atoms with Crippen LogP contribution in [0.4, 0.5) is 0 Å². The maximum absolute atomic E-state index is 12.5. The summed E-state index contributed by atoms with van der Waals surface area (Å²) in [6.07, 6.45) is -2.13. The van der Waals surface area contributed by atoms with E-state index >= 15 is 0 Å². The lowest BCUT2D eigenvalue weighted by Gasteiger charge is -2.50. The number of fused-ring (bicyclic) bond motifs is 3. The van der Waals surface area contributed by atoms with Crippen LogP contribution in [0.15, 0.2) is 24.3 Å². The molecule has 0 aromatic rings. The van der Waals surface area contributed by atoms with Crippen molar-refractivity contribution < 1.29 is 33.3 Å². The van der Waals surface area contributed by atoms with Gasteiger partial charge in [-0.3, -0.25) is 4.79 Å². The van der Waals surface area contributed by atoms with Gasteiger partial charge in [0, 0.05) is 28.9 Å². The minimum Gasteiger partial charge on any atom is -0.458 e. The first-order valence-electron chi connectivity index (χ1n) is 9.26. The third kappa shape index (κ3) is 2.55. The van der Waals surface area contributed by atoms with Crippen LogP contribution in [0.25, 0.3) is 0 Å². The van der Waals surface area contributed by atoms with Crippen LogP contribution in [-0.4, -0.2) is 48.9 Å².